The molecule has 0 amide bonds. The molecule has 1 aliphatic rings. The third-order valence-corrected chi connectivity index (χ3v) is 2.71. The summed E-state index contributed by atoms with van der Waals surface area (Å²) in [6, 6.07) is 2.92. The van der Waals surface area contributed by atoms with Crippen molar-refractivity contribution in [2.45, 2.75) is 32.2 Å². The van der Waals surface area contributed by atoms with Gasteiger partial charge >= 0.3 is 0 Å². The largest absolute Gasteiger partial charge is 0.302 e. The zero-order valence-electron chi connectivity index (χ0n) is 7.38. The number of hydrogen-bond donors (Lipinski definition) is 0. The number of nitriles is 1. The van der Waals surface area contributed by atoms with Gasteiger partial charge in [0.2, 0.25) is 0 Å². The van der Waals surface area contributed by atoms with E-state index in [4.69, 9.17) is 5.26 Å². The van der Waals surface area contributed by atoms with Gasteiger partial charge in [0.1, 0.15) is 0 Å². The molecular weight excluding hydrogens is 136 g/mol. The van der Waals surface area contributed by atoms with E-state index in [1.54, 1.807) is 0 Å². The van der Waals surface area contributed by atoms with Crippen molar-refractivity contribution in [3.05, 3.63) is 0 Å². The van der Waals surface area contributed by atoms with Gasteiger partial charge in [0.05, 0.1) is 12.0 Å². The topological polar surface area (TPSA) is 27.0 Å². The minimum absolute atomic E-state index is 0.292. The highest BCUT2D eigenvalue weighted by atomic mass is 15.1. The first kappa shape index (κ1) is 8.55. The van der Waals surface area contributed by atoms with E-state index in [0.29, 0.717) is 12.0 Å². The monoisotopic (exact) mass is 152 g/mol. The summed E-state index contributed by atoms with van der Waals surface area (Å²) in [6.45, 7) is 3.20. The molecule has 1 saturated carbocycles. The van der Waals surface area contributed by atoms with Gasteiger partial charge in [0.25, 0.3) is 0 Å². The van der Waals surface area contributed by atoms with Gasteiger partial charge in [-0.2, -0.15) is 5.26 Å². The van der Waals surface area contributed by atoms with Gasteiger partial charge < -0.3 is 4.90 Å². The van der Waals surface area contributed by atoms with E-state index in [1.165, 1.54) is 12.8 Å². The second-order valence-electron chi connectivity index (χ2n) is 3.31. The number of nitrogens with zero attached hydrogens (tertiary/aromatic N) is 2. The fourth-order valence-corrected chi connectivity index (χ4v) is 1.85. The van der Waals surface area contributed by atoms with Crippen LogP contribution in [0.25, 0.3) is 0 Å². The molecule has 1 aliphatic carbocycles. The Kier molecular flexibility index (Phi) is 2.90. The predicted molar refractivity (Wildman–Crippen MR) is 45.0 cm³/mol. The molecule has 0 heterocycles. The molecule has 0 saturated heterocycles. The molecule has 0 spiro atoms. The van der Waals surface area contributed by atoms with Crippen LogP contribution in [0.1, 0.15) is 26.2 Å². The van der Waals surface area contributed by atoms with Crippen molar-refractivity contribution in [2.75, 3.05) is 13.6 Å². The van der Waals surface area contributed by atoms with Crippen LogP contribution in [-0.4, -0.2) is 24.5 Å². The Labute approximate surface area is 68.8 Å². The minimum Gasteiger partial charge on any atom is -0.302 e. The summed E-state index contributed by atoms with van der Waals surface area (Å²) in [5.41, 5.74) is 0. The zero-order valence-corrected chi connectivity index (χ0v) is 7.38. The highest BCUT2D eigenvalue weighted by Gasteiger charge is 2.29. The van der Waals surface area contributed by atoms with Gasteiger partial charge in [-0.05, 0) is 26.4 Å². The maximum absolute atomic E-state index is 8.80. The lowest BCUT2D eigenvalue weighted by Gasteiger charge is -2.24. The van der Waals surface area contributed by atoms with Gasteiger partial charge in [-0.25, -0.2) is 0 Å². The van der Waals surface area contributed by atoms with Crippen LogP contribution in [0.5, 0.6) is 0 Å². The summed E-state index contributed by atoms with van der Waals surface area (Å²) >= 11 is 0. The average molecular weight is 152 g/mol. The van der Waals surface area contributed by atoms with Gasteiger partial charge in [-0.15, -0.1) is 0 Å². The van der Waals surface area contributed by atoms with Crippen molar-refractivity contribution < 1.29 is 0 Å². The van der Waals surface area contributed by atoms with E-state index >= 15 is 0 Å². The lowest BCUT2D eigenvalue weighted by atomic mass is 10.1. The van der Waals surface area contributed by atoms with E-state index < -0.39 is 0 Å². The summed E-state index contributed by atoms with van der Waals surface area (Å²) < 4.78 is 0. The van der Waals surface area contributed by atoms with E-state index in [2.05, 4.69) is 24.9 Å². The van der Waals surface area contributed by atoms with Crippen LogP contribution in [0.2, 0.25) is 0 Å². The highest BCUT2D eigenvalue weighted by Crippen LogP contribution is 2.28. The predicted octanol–water partition coefficient (Wildman–Crippen LogP) is 1.63. The smallest absolute Gasteiger partial charge is 0.0672 e. The first-order chi connectivity index (χ1) is 5.29. The van der Waals surface area contributed by atoms with Crippen molar-refractivity contribution in [1.29, 1.82) is 5.26 Å². The lowest BCUT2D eigenvalue weighted by Crippen LogP contribution is -2.33. The van der Waals surface area contributed by atoms with Gasteiger partial charge in [0.15, 0.2) is 0 Å². The van der Waals surface area contributed by atoms with Gasteiger partial charge in [0, 0.05) is 6.04 Å². The molecule has 2 unspecified atom stereocenters. The Hall–Kier alpha value is -0.550. The van der Waals surface area contributed by atoms with E-state index in [9.17, 15) is 0 Å². The summed E-state index contributed by atoms with van der Waals surface area (Å²) in [6.07, 6.45) is 3.54. The highest BCUT2D eigenvalue weighted by molar-refractivity contribution is 4.96. The lowest BCUT2D eigenvalue weighted by molar-refractivity contribution is 0.231. The fraction of sp³-hybridized carbons (Fsp3) is 0.889. The van der Waals surface area contributed by atoms with E-state index in [1.807, 2.05) is 0 Å². The van der Waals surface area contributed by atoms with E-state index in [-0.39, 0.29) is 0 Å². The second kappa shape index (κ2) is 3.73. The molecule has 0 aromatic carbocycles. The molecular formula is C9H16N2. The zero-order chi connectivity index (χ0) is 8.27. The molecule has 0 aromatic heterocycles. The minimum atomic E-state index is 0.292. The van der Waals surface area contributed by atoms with Crippen LogP contribution < -0.4 is 0 Å². The Morgan fingerprint density at radius 2 is 2.27 bits per heavy atom. The summed E-state index contributed by atoms with van der Waals surface area (Å²) in [7, 11) is 2.11. The van der Waals surface area contributed by atoms with Crippen molar-refractivity contribution >= 4 is 0 Å². The number of hydrogen-bond acceptors (Lipinski definition) is 2. The molecule has 0 N–H and O–H groups in total. The second-order valence-corrected chi connectivity index (χ2v) is 3.31. The van der Waals surface area contributed by atoms with Crippen LogP contribution in [0, 0.1) is 17.2 Å². The standard InChI is InChI=1S/C9H16N2/c1-3-11(2)9-6-4-5-8(9)7-10/h8-9H,3-6H2,1-2H3. The van der Waals surface area contributed by atoms with E-state index in [0.717, 1.165) is 13.0 Å². The van der Waals surface area contributed by atoms with Crippen molar-refractivity contribution in [3.8, 4) is 6.07 Å². The van der Waals surface area contributed by atoms with Crippen molar-refractivity contribution in [1.82, 2.24) is 4.90 Å². The molecule has 2 atom stereocenters. The van der Waals surface area contributed by atoms with Crippen molar-refractivity contribution in [3.63, 3.8) is 0 Å². The summed E-state index contributed by atoms with van der Waals surface area (Å²) in [5.74, 6) is 0.292. The Morgan fingerprint density at radius 3 is 2.82 bits per heavy atom. The van der Waals surface area contributed by atoms with Gasteiger partial charge in [-0.1, -0.05) is 13.3 Å². The maximum Gasteiger partial charge on any atom is 0.0672 e. The Bertz CT molecular complexity index is 159. The molecule has 11 heavy (non-hydrogen) atoms. The molecule has 0 aliphatic heterocycles. The van der Waals surface area contributed by atoms with Crippen LogP contribution >= 0.6 is 0 Å². The van der Waals surface area contributed by atoms with Gasteiger partial charge in [-0.3, -0.25) is 0 Å². The third kappa shape index (κ3) is 1.72. The molecule has 0 bridgehead atoms. The molecule has 1 rings (SSSR count). The Morgan fingerprint density at radius 1 is 1.55 bits per heavy atom. The summed E-state index contributed by atoms with van der Waals surface area (Å²) in [4.78, 5) is 2.29. The molecule has 0 radical (unpaired) electrons. The quantitative estimate of drug-likeness (QED) is 0.601. The molecule has 2 nitrogen and oxygen atoms in total. The van der Waals surface area contributed by atoms with Crippen LogP contribution in [0.15, 0.2) is 0 Å². The molecule has 2 heteroatoms. The normalized spacial score (nSPS) is 30.7. The molecule has 1 fully saturated rings. The van der Waals surface area contributed by atoms with Crippen LogP contribution in [0.3, 0.4) is 0 Å². The maximum atomic E-state index is 8.80. The SMILES string of the molecule is CCN(C)C1CCCC1C#N. The Balaban J connectivity index is 2.51. The average Bonchev–Trinajstić information content (AvgIpc) is 2.50. The third-order valence-electron chi connectivity index (χ3n) is 2.71. The molecule has 0 aromatic rings. The fourth-order valence-electron chi connectivity index (χ4n) is 1.85. The molecule has 62 valence electrons. The first-order valence-electron chi connectivity index (χ1n) is 4.39. The summed E-state index contributed by atoms with van der Waals surface area (Å²) in [5, 5.41) is 8.80. The van der Waals surface area contributed by atoms with Crippen LogP contribution in [0.4, 0.5) is 0 Å². The first-order valence-corrected chi connectivity index (χ1v) is 4.39. The number of rotatable bonds is 2. The van der Waals surface area contributed by atoms with Crippen molar-refractivity contribution in [2.24, 2.45) is 5.92 Å². The van der Waals surface area contributed by atoms with Crippen LogP contribution in [-0.2, 0) is 0 Å².